The Bertz CT molecular complexity index is 418. The molecule has 0 radical (unpaired) electrons. The maximum absolute atomic E-state index is 11.4. The predicted molar refractivity (Wildman–Crippen MR) is 65.0 cm³/mol. The largest absolute Gasteiger partial charge is 0.325 e. The van der Waals surface area contributed by atoms with Crippen molar-refractivity contribution in [3.63, 3.8) is 0 Å². The van der Waals surface area contributed by atoms with Crippen molar-refractivity contribution in [3.05, 3.63) is 28.2 Å². The quantitative estimate of drug-likeness (QED) is 0.902. The summed E-state index contributed by atoms with van der Waals surface area (Å²) in [4.78, 5) is 22.1. The Balaban J connectivity index is 2.63. The van der Waals surface area contributed by atoms with Crippen LogP contribution in [0.2, 0.25) is 10.0 Å². The zero-order valence-electron chi connectivity index (χ0n) is 8.72. The monoisotopic (exact) mass is 259 g/mol. The van der Waals surface area contributed by atoms with E-state index in [0.717, 1.165) is 0 Å². The highest BCUT2D eigenvalue weighted by Gasteiger charge is 2.08. The van der Waals surface area contributed by atoms with Gasteiger partial charge in [-0.15, -0.1) is 0 Å². The van der Waals surface area contributed by atoms with Crippen LogP contribution in [0.3, 0.4) is 0 Å². The Morgan fingerprint density at radius 1 is 1.25 bits per heavy atom. The lowest BCUT2D eigenvalue weighted by Crippen LogP contribution is -2.12. The first-order valence-corrected chi connectivity index (χ1v) is 5.49. The molecule has 0 aromatic heterocycles. The first-order chi connectivity index (χ1) is 7.50. The molecule has 86 valence electrons. The molecule has 0 fully saturated rings. The van der Waals surface area contributed by atoms with E-state index in [1.807, 2.05) is 0 Å². The third-order valence-electron chi connectivity index (χ3n) is 1.93. The molecule has 0 saturated heterocycles. The lowest BCUT2D eigenvalue weighted by atomic mass is 10.2. The van der Waals surface area contributed by atoms with Crippen molar-refractivity contribution >= 4 is 40.6 Å². The van der Waals surface area contributed by atoms with E-state index in [4.69, 9.17) is 23.2 Å². The summed E-state index contributed by atoms with van der Waals surface area (Å²) >= 11 is 11.7. The maximum Gasteiger partial charge on any atom is 0.224 e. The van der Waals surface area contributed by atoms with Gasteiger partial charge in [-0.2, -0.15) is 0 Å². The number of Topliss-reactive ketones (excluding diaryl/α,β-unsaturated/α-hetero) is 1. The van der Waals surface area contributed by atoms with Crippen LogP contribution in [0.5, 0.6) is 0 Å². The fourth-order valence-electron chi connectivity index (χ4n) is 1.10. The summed E-state index contributed by atoms with van der Waals surface area (Å²) in [5.41, 5.74) is 0.461. The fourth-order valence-corrected chi connectivity index (χ4v) is 1.45. The zero-order chi connectivity index (χ0) is 12.1. The van der Waals surface area contributed by atoms with Gasteiger partial charge in [-0.3, -0.25) is 4.79 Å². The van der Waals surface area contributed by atoms with E-state index in [-0.39, 0.29) is 24.5 Å². The molecule has 1 rings (SSSR count). The Morgan fingerprint density at radius 3 is 2.56 bits per heavy atom. The van der Waals surface area contributed by atoms with Crippen LogP contribution >= 0.6 is 23.2 Å². The molecule has 0 heterocycles. The molecule has 1 amide bonds. The van der Waals surface area contributed by atoms with Crippen LogP contribution in [0, 0.1) is 0 Å². The van der Waals surface area contributed by atoms with E-state index >= 15 is 0 Å². The molecule has 1 aromatic rings. The van der Waals surface area contributed by atoms with Gasteiger partial charge in [-0.25, -0.2) is 0 Å². The number of amides is 1. The maximum atomic E-state index is 11.4. The minimum Gasteiger partial charge on any atom is -0.325 e. The summed E-state index contributed by atoms with van der Waals surface area (Å²) in [6.07, 6.45) is 0.377. The van der Waals surface area contributed by atoms with Gasteiger partial charge in [0.1, 0.15) is 5.78 Å². The number of carbonyl (C=O) groups excluding carboxylic acids is 2. The number of halogens is 2. The predicted octanol–water partition coefficient (Wildman–Crippen LogP) is 3.30. The van der Waals surface area contributed by atoms with E-state index in [0.29, 0.717) is 15.7 Å². The van der Waals surface area contributed by atoms with Crippen molar-refractivity contribution in [2.45, 2.75) is 19.8 Å². The molecule has 0 aliphatic heterocycles. The number of ketones is 1. The second kappa shape index (κ2) is 5.87. The van der Waals surface area contributed by atoms with Crippen molar-refractivity contribution < 1.29 is 9.59 Å². The molecular formula is C11H11Cl2NO2. The highest BCUT2D eigenvalue weighted by atomic mass is 35.5. The van der Waals surface area contributed by atoms with Gasteiger partial charge in [-0.1, -0.05) is 29.3 Å². The molecule has 0 aliphatic carbocycles. The summed E-state index contributed by atoms with van der Waals surface area (Å²) in [6.45, 7) is 1.44. The minimum absolute atomic E-state index is 0.0210. The Morgan fingerprint density at radius 2 is 1.94 bits per heavy atom. The van der Waals surface area contributed by atoms with Crippen molar-refractivity contribution in [3.8, 4) is 0 Å². The highest BCUT2D eigenvalue weighted by molar-refractivity contribution is 6.43. The first-order valence-electron chi connectivity index (χ1n) is 4.74. The molecule has 0 spiro atoms. The van der Waals surface area contributed by atoms with E-state index in [2.05, 4.69) is 5.32 Å². The smallest absolute Gasteiger partial charge is 0.224 e. The molecule has 0 unspecified atom stereocenters. The van der Waals surface area contributed by atoms with E-state index in [9.17, 15) is 9.59 Å². The fraction of sp³-hybridized carbons (Fsp3) is 0.273. The van der Waals surface area contributed by atoms with Gasteiger partial charge in [0.25, 0.3) is 0 Å². The molecule has 1 aromatic carbocycles. The zero-order valence-corrected chi connectivity index (χ0v) is 10.2. The Labute approximate surface area is 104 Å². The second-order valence-electron chi connectivity index (χ2n) is 3.35. The van der Waals surface area contributed by atoms with Crippen molar-refractivity contribution in [1.82, 2.24) is 0 Å². The lowest BCUT2D eigenvalue weighted by Gasteiger charge is -2.07. The van der Waals surface area contributed by atoms with Gasteiger partial charge >= 0.3 is 0 Å². The lowest BCUT2D eigenvalue weighted by molar-refractivity contribution is -0.121. The third kappa shape index (κ3) is 3.83. The number of nitrogens with one attached hydrogen (secondary N) is 1. The van der Waals surface area contributed by atoms with Crippen LogP contribution in [0.25, 0.3) is 0 Å². The molecule has 0 bridgehead atoms. The topological polar surface area (TPSA) is 46.2 Å². The Kier molecular flexibility index (Phi) is 4.77. The molecule has 0 aliphatic rings. The number of hydrogen-bond acceptors (Lipinski definition) is 2. The van der Waals surface area contributed by atoms with Gasteiger partial charge in [-0.05, 0) is 19.1 Å². The Hall–Kier alpha value is -1.06. The number of carbonyl (C=O) groups is 2. The van der Waals surface area contributed by atoms with Crippen molar-refractivity contribution in [1.29, 1.82) is 0 Å². The van der Waals surface area contributed by atoms with Gasteiger partial charge in [0.05, 0.1) is 15.7 Å². The van der Waals surface area contributed by atoms with E-state index < -0.39 is 0 Å². The molecule has 16 heavy (non-hydrogen) atoms. The third-order valence-corrected chi connectivity index (χ3v) is 2.75. The molecule has 0 saturated carbocycles. The van der Waals surface area contributed by atoms with Crippen LogP contribution in [0.1, 0.15) is 19.8 Å². The second-order valence-corrected chi connectivity index (χ2v) is 4.14. The van der Waals surface area contributed by atoms with Crippen molar-refractivity contribution in [2.75, 3.05) is 5.32 Å². The standard InChI is InChI=1S/C11H11Cl2NO2/c1-7(15)5-6-10(16)14-9-4-2-3-8(12)11(9)13/h2-4H,5-6H2,1H3,(H,14,16). The summed E-state index contributed by atoms with van der Waals surface area (Å²) in [5, 5.41) is 3.29. The average molecular weight is 260 g/mol. The van der Waals surface area contributed by atoms with Gasteiger partial charge < -0.3 is 10.1 Å². The SMILES string of the molecule is CC(=O)CCC(=O)Nc1cccc(Cl)c1Cl. The van der Waals surface area contributed by atoms with Crippen molar-refractivity contribution in [2.24, 2.45) is 0 Å². The summed E-state index contributed by atoms with van der Waals surface area (Å²) in [7, 11) is 0. The summed E-state index contributed by atoms with van der Waals surface area (Å²) < 4.78 is 0. The normalized spacial score (nSPS) is 9.94. The molecule has 3 nitrogen and oxygen atoms in total. The first kappa shape index (κ1) is 13.0. The van der Waals surface area contributed by atoms with Crippen LogP contribution in [-0.4, -0.2) is 11.7 Å². The summed E-state index contributed by atoms with van der Waals surface area (Å²) in [6, 6.07) is 4.98. The highest BCUT2D eigenvalue weighted by Crippen LogP contribution is 2.29. The molecule has 5 heteroatoms. The van der Waals surface area contributed by atoms with Crippen LogP contribution < -0.4 is 5.32 Å². The van der Waals surface area contributed by atoms with Gasteiger partial charge in [0.15, 0.2) is 0 Å². The van der Waals surface area contributed by atoms with E-state index in [1.54, 1.807) is 18.2 Å². The van der Waals surface area contributed by atoms with Gasteiger partial charge in [0, 0.05) is 12.8 Å². The number of anilines is 1. The summed E-state index contributed by atoms with van der Waals surface area (Å²) in [5.74, 6) is -0.272. The minimum atomic E-state index is -0.251. The van der Waals surface area contributed by atoms with Crippen LogP contribution in [0.4, 0.5) is 5.69 Å². The molecule has 1 N–H and O–H groups in total. The van der Waals surface area contributed by atoms with Crippen LogP contribution in [0.15, 0.2) is 18.2 Å². The number of benzene rings is 1. The number of hydrogen-bond donors (Lipinski definition) is 1. The van der Waals surface area contributed by atoms with Gasteiger partial charge in [0.2, 0.25) is 5.91 Å². The molecular weight excluding hydrogens is 249 g/mol. The van der Waals surface area contributed by atoms with Crippen LogP contribution in [-0.2, 0) is 9.59 Å². The number of rotatable bonds is 4. The average Bonchev–Trinajstić information content (AvgIpc) is 2.22. The molecule has 0 atom stereocenters. The van der Waals surface area contributed by atoms with E-state index in [1.165, 1.54) is 6.92 Å².